The number of ether oxygens (including phenoxy) is 1. The van der Waals surface area contributed by atoms with Gasteiger partial charge in [0.2, 0.25) is 5.95 Å². The summed E-state index contributed by atoms with van der Waals surface area (Å²) in [6.45, 7) is 2.63. The molecule has 0 amide bonds. The smallest absolute Gasteiger partial charge is 0.248 e. The second-order valence-corrected chi connectivity index (χ2v) is 6.77. The second-order valence-electron chi connectivity index (χ2n) is 6.77. The molecule has 0 unspecified atom stereocenters. The molecule has 0 spiro atoms. The van der Waals surface area contributed by atoms with Crippen molar-refractivity contribution >= 4 is 17.3 Å². The summed E-state index contributed by atoms with van der Waals surface area (Å²) in [6.07, 6.45) is 2.02. The molecule has 3 heterocycles. The van der Waals surface area contributed by atoms with E-state index in [0.717, 1.165) is 16.8 Å². The van der Waals surface area contributed by atoms with Gasteiger partial charge >= 0.3 is 0 Å². The van der Waals surface area contributed by atoms with Gasteiger partial charge in [0.05, 0.1) is 18.9 Å². The molecule has 2 aromatic carbocycles. The van der Waals surface area contributed by atoms with Gasteiger partial charge < -0.3 is 15.0 Å². The molecule has 1 N–H and O–H groups in total. The molecule has 0 saturated carbocycles. The first kappa shape index (κ1) is 16.9. The summed E-state index contributed by atoms with van der Waals surface area (Å²) < 4.78 is 21.9. The van der Waals surface area contributed by atoms with E-state index in [-0.39, 0.29) is 11.9 Å². The van der Waals surface area contributed by atoms with Crippen LogP contribution in [0.1, 0.15) is 17.2 Å². The van der Waals surface area contributed by atoms with Crippen molar-refractivity contribution in [2.24, 2.45) is 0 Å². The quantitative estimate of drug-likeness (QED) is 0.756. The molecule has 2 aliphatic heterocycles. The Bertz CT molecular complexity index is 1010. The largest absolute Gasteiger partial charge is 0.378 e. The molecule has 8 heteroatoms. The van der Waals surface area contributed by atoms with Crippen LogP contribution in [0.2, 0.25) is 0 Å². The number of benzene rings is 2. The van der Waals surface area contributed by atoms with Gasteiger partial charge in [-0.2, -0.15) is 4.68 Å². The van der Waals surface area contributed by atoms with Crippen molar-refractivity contribution in [1.82, 2.24) is 20.2 Å². The molecular weight excluding hydrogens is 359 g/mol. The third-order valence-corrected chi connectivity index (χ3v) is 5.08. The van der Waals surface area contributed by atoms with Crippen LogP contribution in [0, 0.1) is 5.82 Å². The van der Waals surface area contributed by atoms with E-state index >= 15 is 0 Å². The van der Waals surface area contributed by atoms with Crippen LogP contribution in [0.3, 0.4) is 0 Å². The second kappa shape index (κ2) is 7.05. The van der Waals surface area contributed by atoms with Crippen LogP contribution in [-0.2, 0) is 4.74 Å². The van der Waals surface area contributed by atoms with Gasteiger partial charge in [0.1, 0.15) is 11.9 Å². The number of allylic oxidation sites excluding steroid dienone is 1. The van der Waals surface area contributed by atoms with Crippen LogP contribution >= 0.6 is 0 Å². The lowest BCUT2D eigenvalue weighted by Gasteiger charge is -2.29. The zero-order valence-electron chi connectivity index (χ0n) is 15.1. The molecule has 0 radical (unpaired) electrons. The van der Waals surface area contributed by atoms with Gasteiger partial charge in [-0.05, 0) is 34.2 Å². The van der Waals surface area contributed by atoms with Crippen molar-refractivity contribution in [1.29, 1.82) is 0 Å². The fraction of sp³-hybridized carbons (Fsp3) is 0.250. The minimum atomic E-state index is -0.247. The van der Waals surface area contributed by atoms with Gasteiger partial charge in [0, 0.05) is 24.4 Å². The average molecular weight is 378 g/mol. The third-order valence-electron chi connectivity index (χ3n) is 5.08. The molecule has 1 fully saturated rings. The molecule has 0 aliphatic carbocycles. The highest BCUT2D eigenvalue weighted by molar-refractivity contribution is 5.78. The molecular formula is C20H19FN6O. The normalized spacial score (nSPS) is 19.0. The zero-order chi connectivity index (χ0) is 18.9. The Labute approximate surface area is 161 Å². The maximum Gasteiger partial charge on any atom is 0.248 e. The number of morpholine rings is 1. The predicted molar refractivity (Wildman–Crippen MR) is 103 cm³/mol. The first-order chi connectivity index (χ1) is 13.8. The summed E-state index contributed by atoms with van der Waals surface area (Å²) >= 11 is 0. The van der Waals surface area contributed by atoms with Crippen LogP contribution in [0.5, 0.6) is 0 Å². The van der Waals surface area contributed by atoms with E-state index in [2.05, 4.69) is 20.8 Å². The van der Waals surface area contributed by atoms with Crippen LogP contribution in [-0.4, -0.2) is 46.5 Å². The highest BCUT2D eigenvalue weighted by Gasteiger charge is 2.25. The number of rotatable bonds is 3. The zero-order valence-corrected chi connectivity index (χ0v) is 15.1. The summed E-state index contributed by atoms with van der Waals surface area (Å²) in [5.74, 6) is 0.285. The topological polar surface area (TPSA) is 68.1 Å². The predicted octanol–water partition coefficient (Wildman–Crippen LogP) is 2.70. The number of nitrogens with zero attached hydrogens (tertiary/aromatic N) is 5. The summed E-state index contributed by atoms with van der Waals surface area (Å²) in [5.41, 5.74) is 3.20. The minimum Gasteiger partial charge on any atom is -0.378 e. The summed E-state index contributed by atoms with van der Waals surface area (Å²) in [5, 5.41) is 15.1. The van der Waals surface area contributed by atoms with Gasteiger partial charge in [0.25, 0.3) is 0 Å². The molecule has 7 nitrogen and oxygen atoms in total. The SMILES string of the molecule is Fc1cc(C2=C[C@@H](c3ccccc3)n3nnnc3N2)ccc1N1CCOCC1. The molecule has 1 atom stereocenters. The van der Waals surface area contributed by atoms with Crippen LogP contribution in [0.4, 0.5) is 16.0 Å². The molecule has 1 saturated heterocycles. The summed E-state index contributed by atoms with van der Waals surface area (Å²) in [7, 11) is 0. The van der Waals surface area contributed by atoms with E-state index < -0.39 is 0 Å². The van der Waals surface area contributed by atoms with E-state index in [1.807, 2.05) is 53.4 Å². The highest BCUT2D eigenvalue weighted by Crippen LogP contribution is 2.33. The van der Waals surface area contributed by atoms with Crippen molar-refractivity contribution < 1.29 is 9.13 Å². The van der Waals surface area contributed by atoms with Crippen molar-refractivity contribution in [2.45, 2.75) is 6.04 Å². The highest BCUT2D eigenvalue weighted by atomic mass is 19.1. The Balaban J connectivity index is 1.50. The Morgan fingerprint density at radius 2 is 1.89 bits per heavy atom. The molecule has 28 heavy (non-hydrogen) atoms. The number of fused-ring (bicyclic) bond motifs is 1. The number of hydrogen-bond acceptors (Lipinski definition) is 6. The lowest BCUT2D eigenvalue weighted by Crippen LogP contribution is -2.36. The lowest BCUT2D eigenvalue weighted by molar-refractivity contribution is 0.122. The lowest BCUT2D eigenvalue weighted by atomic mass is 10.0. The summed E-state index contributed by atoms with van der Waals surface area (Å²) in [4.78, 5) is 2.01. The Kier molecular flexibility index (Phi) is 4.25. The van der Waals surface area contributed by atoms with Gasteiger partial charge in [-0.25, -0.2) is 4.39 Å². The third kappa shape index (κ3) is 3.01. The van der Waals surface area contributed by atoms with Crippen molar-refractivity contribution in [2.75, 3.05) is 36.5 Å². The van der Waals surface area contributed by atoms with Gasteiger partial charge in [0.15, 0.2) is 0 Å². The number of hydrogen-bond donors (Lipinski definition) is 1. The van der Waals surface area contributed by atoms with Crippen LogP contribution < -0.4 is 10.2 Å². The molecule has 2 aliphatic rings. The number of tetrazole rings is 1. The van der Waals surface area contributed by atoms with Gasteiger partial charge in [-0.1, -0.05) is 41.5 Å². The van der Waals surface area contributed by atoms with E-state index in [0.29, 0.717) is 37.9 Å². The molecule has 0 bridgehead atoms. The van der Waals surface area contributed by atoms with Crippen molar-refractivity contribution in [3.63, 3.8) is 0 Å². The van der Waals surface area contributed by atoms with Crippen molar-refractivity contribution in [3.8, 4) is 0 Å². The molecule has 5 rings (SSSR count). The van der Waals surface area contributed by atoms with Crippen molar-refractivity contribution in [3.05, 3.63) is 71.6 Å². The first-order valence-electron chi connectivity index (χ1n) is 9.24. The van der Waals surface area contributed by atoms with Crippen LogP contribution in [0.15, 0.2) is 54.6 Å². The standard InChI is InChI=1S/C20H19FN6O/c21-16-12-15(6-7-18(16)26-8-10-28-11-9-26)17-13-19(14-4-2-1-3-5-14)27-20(22-17)23-24-25-27/h1-7,12-13,19H,8-11H2,(H,22,23,25)/t19-/m0/s1. The Morgan fingerprint density at radius 3 is 2.68 bits per heavy atom. The van der Waals surface area contributed by atoms with E-state index in [9.17, 15) is 4.39 Å². The molecule has 142 valence electrons. The number of anilines is 2. The van der Waals surface area contributed by atoms with Gasteiger partial charge in [-0.15, -0.1) is 0 Å². The molecule has 1 aromatic heterocycles. The first-order valence-corrected chi connectivity index (χ1v) is 9.24. The number of aromatic nitrogens is 4. The summed E-state index contributed by atoms with van der Waals surface area (Å²) in [6, 6.07) is 15.1. The monoisotopic (exact) mass is 378 g/mol. The number of nitrogens with one attached hydrogen (secondary N) is 1. The fourth-order valence-corrected chi connectivity index (χ4v) is 3.65. The van der Waals surface area contributed by atoms with E-state index in [1.54, 1.807) is 10.7 Å². The van der Waals surface area contributed by atoms with E-state index in [4.69, 9.17) is 4.74 Å². The average Bonchev–Trinajstić information content (AvgIpc) is 3.23. The number of halogens is 1. The van der Waals surface area contributed by atoms with Gasteiger partial charge in [-0.3, -0.25) is 0 Å². The maximum atomic E-state index is 14.9. The maximum absolute atomic E-state index is 14.9. The fourth-order valence-electron chi connectivity index (χ4n) is 3.65. The minimum absolute atomic E-state index is 0.163. The molecule has 3 aromatic rings. The Hall–Kier alpha value is -3.26. The van der Waals surface area contributed by atoms with E-state index in [1.165, 1.54) is 0 Å². The Morgan fingerprint density at radius 1 is 1.07 bits per heavy atom. The van der Waals surface area contributed by atoms with Crippen LogP contribution in [0.25, 0.3) is 5.70 Å².